The molecule has 1 aliphatic heterocycles. The van der Waals surface area contributed by atoms with E-state index >= 15 is 0 Å². The zero-order chi connectivity index (χ0) is 27.0. The monoisotopic (exact) mass is 537 g/mol. The highest BCUT2D eigenvalue weighted by molar-refractivity contribution is 5.59. The Kier molecular flexibility index (Phi) is 6.85. The van der Waals surface area contributed by atoms with Gasteiger partial charge in [0, 0.05) is 25.0 Å². The van der Waals surface area contributed by atoms with Crippen LogP contribution < -0.4 is 10.2 Å². The minimum atomic E-state index is -4.80. The lowest BCUT2D eigenvalue weighted by Crippen LogP contribution is -2.42. The number of halogens is 9. The average Bonchev–Trinajstić information content (AvgIpc) is 2.83. The molecule has 0 aliphatic carbocycles. The number of anilines is 3. The maximum atomic E-state index is 13.3. The van der Waals surface area contributed by atoms with Crippen molar-refractivity contribution in [2.75, 3.05) is 23.3 Å². The van der Waals surface area contributed by atoms with Crippen LogP contribution in [0.5, 0.6) is 0 Å². The summed E-state index contributed by atoms with van der Waals surface area (Å²) in [6, 6.07) is 4.70. The van der Waals surface area contributed by atoms with Gasteiger partial charge in [0.1, 0.15) is 17.1 Å². The summed E-state index contributed by atoms with van der Waals surface area (Å²) < 4.78 is 119. The topological polar surface area (TPSA) is 79.7 Å². The van der Waals surface area contributed by atoms with Crippen molar-refractivity contribution in [3.05, 3.63) is 47.9 Å². The van der Waals surface area contributed by atoms with Crippen LogP contribution in [0.1, 0.15) is 24.2 Å². The van der Waals surface area contributed by atoms with Gasteiger partial charge in [0.05, 0.1) is 5.92 Å². The number of hydrogen-bond acceptors (Lipinski definition) is 7. The van der Waals surface area contributed by atoms with Gasteiger partial charge in [0.25, 0.3) is 0 Å². The van der Waals surface area contributed by atoms with Crippen molar-refractivity contribution in [2.45, 2.75) is 31.4 Å². The Morgan fingerprint density at radius 1 is 0.838 bits per heavy atom. The molecule has 1 unspecified atom stereocenters. The SMILES string of the molecule is FC(F)(F)c1cc(Nc2nc(-c3cccc(C(F)(F)F)n3)nc(N3CCCC(C(F)(F)F)C3)n2)ccn1. The van der Waals surface area contributed by atoms with E-state index < -0.39 is 54.2 Å². The van der Waals surface area contributed by atoms with Crippen molar-refractivity contribution in [1.29, 1.82) is 0 Å². The predicted octanol–water partition coefficient (Wildman–Crippen LogP) is 5.89. The predicted molar refractivity (Wildman–Crippen MR) is 112 cm³/mol. The molecule has 0 radical (unpaired) electrons. The molecule has 4 heterocycles. The van der Waals surface area contributed by atoms with E-state index in [0.717, 1.165) is 24.4 Å². The third-order valence-corrected chi connectivity index (χ3v) is 5.37. The van der Waals surface area contributed by atoms with Crippen LogP contribution in [0.4, 0.5) is 57.1 Å². The van der Waals surface area contributed by atoms with Gasteiger partial charge in [-0.2, -0.15) is 54.5 Å². The first-order chi connectivity index (χ1) is 17.2. The van der Waals surface area contributed by atoms with Crippen LogP contribution >= 0.6 is 0 Å². The van der Waals surface area contributed by atoms with Gasteiger partial charge < -0.3 is 10.2 Å². The summed E-state index contributed by atoms with van der Waals surface area (Å²) >= 11 is 0. The molecule has 7 nitrogen and oxygen atoms in total. The maximum Gasteiger partial charge on any atom is 0.433 e. The molecule has 4 rings (SSSR count). The Bertz CT molecular complexity index is 1260. The lowest BCUT2D eigenvalue weighted by Gasteiger charge is -2.33. The van der Waals surface area contributed by atoms with Crippen molar-refractivity contribution in [2.24, 2.45) is 5.92 Å². The normalized spacial score (nSPS) is 17.1. The minimum absolute atomic E-state index is 0.110. The third kappa shape index (κ3) is 6.35. The van der Waals surface area contributed by atoms with Crippen molar-refractivity contribution in [3.8, 4) is 11.5 Å². The Labute approximate surface area is 202 Å². The van der Waals surface area contributed by atoms with Crippen molar-refractivity contribution < 1.29 is 39.5 Å². The van der Waals surface area contributed by atoms with Gasteiger partial charge in [-0.3, -0.25) is 4.98 Å². The molecule has 198 valence electrons. The lowest BCUT2D eigenvalue weighted by atomic mass is 9.98. The van der Waals surface area contributed by atoms with Crippen LogP contribution in [0.15, 0.2) is 36.5 Å². The van der Waals surface area contributed by atoms with E-state index in [2.05, 4.69) is 30.2 Å². The zero-order valence-electron chi connectivity index (χ0n) is 18.5. The number of alkyl halides is 9. The average molecular weight is 537 g/mol. The van der Waals surface area contributed by atoms with E-state index in [0.29, 0.717) is 12.1 Å². The molecule has 1 fully saturated rings. The quantitative estimate of drug-likeness (QED) is 0.416. The van der Waals surface area contributed by atoms with Gasteiger partial charge >= 0.3 is 18.5 Å². The molecule has 0 aromatic carbocycles. The van der Waals surface area contributed by atoms with E-state index in [1.165, 1.54) is 4.90 Å². The summed E-state index contributed by atoms with van der Waals surface area (Å²) in [5.74, 6) is -2.82. The molecule has 3 aromatic rings. The van der Waals surface area contributed by atoms with Gasteiger partial charge in [-0.15, -0.1) is 0 Å². The lowest BCUT2D eigenvalue weighted by molar-refractivity contribution is -0.176. The first kappa shape index (κ1) is 26.3. The number of hydrogen-bond donors (Lipinski definition) is 1. The number of nitrogens with one attached hydrogen (secondary N) is 1. The van der Waals surface area contributed by atoms with Crippen LogP contribution in [-0.2, 0) is 12.4 Å². The molecular formula is C21H16F9N7. The second kappa shape index (κ2) is 9.63. The minimum Gasteiger partial charge on any atom is -0.340 e. The van der Waals surface area contributed by atoms with Gasteiger partial charge in [-0.05, 0) is 37.1 Å². The van der Waals surface area contributed by atoms with Crippen LogP contribution in [0.3, 0.4) is 0 Å². The molecule has 1 aliphatic rings. The fourth-order valence-corrected chi connectivity index (χ4v) is 3.61. The van der Waals surface area contributed by atoms with Crippen LogP contribution in [0.25, 0.3) is 11.5 Å². The van der Waals surface area contributed by atoms with Gasteiger partial charge in [0.2, 0.25) is 11.9 Å². The van der Waals surface area contributed by atoms with Crippen LogP contribution in [0, 0.1) is 5.92 Å². The Morgan fingerprint density at radius 3 is 2.24 bits per heavy atom. The number of rotatable bonds is 4. The van der Waals surface area contributed by atoms with Crippen molar-refractivity contribution in [1.82, 2.24) is 24.9 Å². The molecule has 0 saturated carbocycles. The number of pyridine rings is 2. The molecule has 3 aromatic heterocycles. The highest BCUT2D eigenvalue weighted by atomic mass is 19.4. The summed E-state index contributed by atoms with van der Waals surface area (Å²) in [5.41, 5.74) is -3.04. The largest absolute Gasteiger partial charge is 0.433 e. The second-order valence-electron chi connectivity index (χ2n) is 8.07. The fraction of sp³-hybridized carbons (Fsp3) is 0.381. The molecule has 0 spiro atoms. The first-order valence-corrected chi connectivity index (χ1v) is 10.6. The molecule has 37 heavy (non-hydrogen) atoms. The zero-order valence-corrected chi connectivity index (χ0v) is 18.5. The molecular weight excluding hydrogens is 521 g/mol. The van der Waals surface area contributed by atoms with E-state index in [1.54, 1.807) is 0 Å². The van der Waals surface area contributed by atoms with E-state index in [9.17, 15) is 39.5 Å². The summed E-state index contributed by atoms with van der Waals surface area (Å²) in [4.78, 5) is 19.9. The van der Waals surface area contributed by atoms with E-state index in [-0.39, 0.29) is 36.7 Å². The van der Waals surface area contributed by atoms with Crippen molar-refractivity contribution in [3.63, 3.8) is 0 Å². The highest BCUT2D eigenvalue weighted by Crippen LogP contribution is 2.35. The first-order valence-electron chi connectivity index (χ1n) is 10.6. The number of nitrogens with zero attached hydrogens (tertiary/aromatic N) is 6. The molecule has 0 bridgehead atoms. The Morgan fingerprint density at radius 2 is 1.57 bits per heavy atom. The number of piperidine rings is 1. The molecule has 0 amide bonds. The standard InChI is InChI=1S/C21H16F9N7/c22-19(23,24)11-3-2-8-37(10-11)18-35-16(13-4-1-5-14(33-13)20(25,26)27)34-17(36-18)32-12-6-7-31-15(9-12)21(28,29)30/h1,4-7,9,11H,2-3,8,10H2,(H,31,32,34,35,36). The molecule has 16 heteroatoms. The van der Waals surface area contributed by atoms with Gasteiger partial charge in [-0.25, -0.2) is 4.98 Å². The summed E-state index contributed by atoms with van der Waals surface area (Å²) in [6.45, 7) is -0.408. The van der Waals surface area contributed by atoms with Crippen LogP contribution in [-0.4, -0.2) is 44.2 Å². The Balaban J connectivity index is 1.76. The van der Waals surface area contributed by atoms with Crippen molar-refractivity contribution >= 4 is 17.6 Å². The highest BCUT2D eigenvalue weighted by Gasteiger charge is 2.42. The smallest absolute Gasteiger partial charge is 0.340 e. The van der Waals surface area contributed by atoms with E-state index in [4.69, 9.17) is 0 Å². The maximum absolute atomic E-state index is 13.3. The van der Waals surface area contributed by atoms with Gasteiger partial charge in [-0.1, -0.05) is 6.07 Å². The number of aromatic nitrogens is 5. The second-order valence-corrected chi connectivity index (χ2v) is 8.07. The van der Waals surface area contributed by atoms with Crippen LogP contribution in [0.2, 0.25) is 0 Å². The third-order valence-electron chi connectivity index (χ3n) is 5.37. The molecule has 1 N–H and O–H groups in total. The fourth-order valence-electron chi connectivity index (χ4n) is 3.61. The van der Waals surface area contributed by atoms with E-state index in [1.807, 2.05) is 0 Å². The summed E-state index contributed by atoms with van der Waals surface area (Å²) in [7, 11) is 0. The molecule has 1 atom stereocenters. The molecule has 1 saturated heterocycles. The Hall–Kier alpha value is -3.72. The van der Waals surface area contributed by atoms with Gasteiger partial charge in [0.15, 0.2) is 5.82 Å². The summed E-state index contributed by atoms with van der Waals surface area (Å²) in [6.07, 6.45) is -13.2. The summed E-state index contributed by atoms with van der Waals surface area (Å²) in [5, 5.41) is 2.49.